The van der Waals surface area contributed by atoms with Gasteiger partial charge in [0.05, 0.1) is 12.2 Å². The predicted molar refractivity (Wildman–Crippen MR) is 56.9 cm³/mol. The smallest absolute Gasteiger partial charge is 0.0522 e. The molecule has 0 saturated heterocycles. The first kappa shape index (κ1) is 18.6. The monoisotopic (exact) mass is 194 g/mol. The lowest BCUT2D eigenvalue weighted by Crippen LogP contribution is -2.09. The van der Waals surface area contributed by atoms with E-state index < -0.39 is 0 Å². The first-order valence-corrected chi connectivity index (χ1v) is 4.64. The maximum Gasteiger partial charge on any atom is 0.0522 e. The minimum absolute atomic E-state index is 0.167. The highest BCUT2D eigenvalue weighted by molar-refractivity contribution is 4.40. The molecule has 0 aromatic rings. The van der Waals surface area contributed by atoms with Gasteiger partial charge in [0.1, 0.15) is 0 Å². The molecule has 0 aromatic heterocycles. The van der Waals surface area contributed by atoms with Gasteiger partial charge in [0, 0.05) is 13.2 Å². The van der Waals surface area contributed by atoms with Crippen LogP contribution in [0.5, 0.6) is 0 Å². The van der Waals surface area contributed by atoms with Crippen LogP contribution in [0.1, 0.15) is 41.5 Å². The fourth-order valence-electron chi connectivity index (χ4n) is 0.544. The van der Waals surface area contributed by atoms with Crippen LogP contribution in [-0.4, -0.2) is 35.6 Å². The zero-order chi connectivity index (χ0) is 11.4. The molecule has 0 amide bonds. The zero-order valence-corrected chi connectivity index (χ0v) is 10.0. The minimum atomic E-state index is -0.167. The van der Waals surface area contributed by atoms with Gasteiger partial charge in [-0.3, -0.25) is 0 Å². The highest BCUT2D eigenvalue weighted by atomic mass is 16.5. The van der Waals surface area contributed by atoms with Crippen LogP contribution in [0.2, 0.25) is 0 Å². The molecule has 0 aliphatic heterocycles. The lowest BCUT2D eigenvalue weighted by atomic mass is 10.4. The van der Waals surface area contributed by atoms with Crippen molar-refractivity contribution in [1.82, 2.24) is 0 Å². The minimum Gasteiger partial charge on any atom is -0.400 e. The Labute approximate surface area is 82.7 Å². The SMILES string of the molecule is CC(C)O.CC(C)OC(C)C.CO. The molecule has 2 N–H and O–H groups in total. The van der Waals surface area contributed by atoms with E-state index in [2.05, 4.69) is 0 Å². The molecule has 0 bridgehead atoms. The zero-order valence-electron chi connectivity index (χ0n) is 10.0. The van der Waals surface area contributed by atoms with Crippen LogP contribution >= 0.6 is 0 Å². The van der Waals surface area contributed by atoms with Gasteiger partial charge in [-0.15, -0.1) is 0 Å². The standard InChI is InChI=1S/C6H14O.C3H8O.CH4O/c1-5(2)7-6(3)4;1-3(2)4;1-2/h5-6H,1-4H3;3-4H,1-2H3;2H,1H3. The average Bonchev–Trinajstić information content (AvgIpc) is 1.87. The highest BCUT2D eigenvalue weighted by Crippen LogP contribution is 1.93. The van der Waals surface area contributed by atoms with Crippen molar-refractivity contribution >= 4 is 0 Å². The first-order chi connectivity index (χ1) is 5.86. The van der Waals surface area contributed by atoms with E-state index in [1.807, 2.05) is 27.7 Å². The van der Waals surface area contributed by atoms with E-state index in [1.165, 1.54) is 0 Å². The number of aliphatic hydroxyl groups excluding tert-OH is 2. The van der Waals surface area contributed by atoms with E-state index in [1.54, 1.807) is 13.8 Å². The quantitative estimate of drug-likeness (QED) is 0.705. The Bertz CT molecular complexity index is 61.8. The summed E-state index contributed by atoms with van der Waals surface area (Å²) in [4.78, 5) is 0. The largest absolute Gasteiger partial charge is 0.400 e. The Hall–Kier alpha value is -0.120. The van der Waals surface area contributed by atoms with Crippen LogP contribution in [0, 0.1) is 0 Å². The molecule has 0 aromatic carbocycles. The van der Waals surface area contributed by atoms with Crippen molar-refractivity contribution in [2.45, 2.75) is 59.9 Å². The molecule has 0 aliphatic carbocycles. The van der Waals surface area contributed by atoms with Crippen LogP contribution in [-0.2, 0) is 4.74 Å². The molecule has 0 spiro atoms. The van der Waals surface area contributed by atoms with Crippen LogP contribution in [0.4, 0.5) is 0 Å². The van der Waals surface area contributed by atoms with Crippen LogP contribution < -0.4 is 0 Å². The third kappa shape index (κ3) is 77.0. The Morgan fingerprint density at radius 3 is 0.923 bits per heavy atom. The van der Waals surface area contributed by atoms with E-state index in [0.29, 0.717) is 12.2 Å². The Morgan fingerprint density at radius 1 is 0.769 bits per heavy atom. The Kier molecular flexibility index (Phi) is 20.6. The second kappa shape index (κ2) is 14.4. The van der Waals surface area contributed by atoms with Crippen molar-refractivity contribution in [2.75, 3.05) is 7.11 Å². The van der Waals surface area contributed by atoms with Gasteiger partial charge in [-0.05, 0) is 41.5 Å². The summed E-state index contributed by atoms with van der Waals surface area (Å²) in [7, 11) is 1.00. The molecule has 0 aliphatic rings. The summed E-state index contributed by atoms with van der Waals surface area (Å²) >= 11 is 0. The molecule has 84 valence electrons. The third-order valence-corrected chi connectivity index (χ3v) is 0.544. The third-order valence-electron chi connectivity index (χ3n) is 0.544. The number of hydrogen-bond acceptors (Lipinski definition) is 3. The van der Waals surface area contributed by atoms with Gasteiger partial charge in [0.2, 0.25) is 0 Å². The van der Waals surface area contributed by atoms with Gasteiger partial charge in [-0.25, -0.2) is 0 Å². The van der Waals surface area contributed by atoms with Crippen LogP contribution in [0.3, 0.4) is 0 Å². The molecule has 0 fully saturated rings. The Balaban J connectivity index is -0.000000142. The van der Waals surface area contributed by atoms with Crippen molar-refractivity contribution in [3.05, 3.63) is 0 Å². The van der Waals surface area contributed by atoms with Crippen molar-refractivity contribution in [3.63, 3.8) is 0 Å². The molecular formula is C10H26O3. The number of rotatable bonds is 2. The summed E-state index contributed by atoms with van der Waals surface area (Å²) in [5.41, 5.74) is 0. The summed E-state index contributed by atoms with van der Waals surface area (Å²) in [5, 5.41) is 15.1. The number of hydrogen-bond donors (Lipinski definition) is 2. The van der Waals surface area contributed by atoms with Crippen LogP contribution in [0.15, 0.2) is 0 Å². The van der Waals surface area contributed by atoms with E-state index in [-0.39, 0.29) is 6.10 Å². The Morgan fingerprint density at radius 2 is 0.923 bits per heavy atom. The van der Waals surface area contributed by atoms with E-state index in [0.717, 1.165) is 7.11 Å². The lowest BCUT2D eigenvalue weighted by Gasteiger charge is -2.09. The molecule has 0 rings (SSSR count). The fourth-order valence-corrected chi connectivity index (χ4v) is 0.544. The van der Waals surface area contributed by atoms with Crippen molar-refractivity contribution in [2.24, 2.45) is 0 Å². The maximum absolute atomic E-state index is 8.06. The maximum atomic E-state index is 8.06. The van der Waals surface area contributed by atoms with Gasteiger partial charge in [-0.2, -0.15) is 0 Å². The first-order valence-electron chi connectivity index (χ1n) is 4.64. The van der Waals surface area contributed by atoms with E-state index in [9.17, 15) is 0 Å². The second-order valence-electron chi connectivity index (χ2n) is 3.33. The normalized spacial score (nSPS) is 9.23. The topological polar surface area (TPSA) is 49.7 Å². The highest BCUT2D eigenvalue weighted by Gasteiger charge is 1.94. The molecule has 0 radical (unpaired) electrons. The fraction of sp³-hybridized carbons (Fsp3) is 1.00. The van der Waals surface area contributed by atoms with Gasteiger partial charge in [0.15, 0.2) is 0 Å². The summed E-state index contributed by atoms with van der Waals surface area (Å²) in [6.45, 7) is 11.6. The predicted octanol–water partition coefficient (Wildman–Crippen LogP) is 1.82. The van der Waals surface area contributed by atoms with Gasteiger partial charge in [-0.1, -0.05) is 0 Å². The molecule has 0 saturated carbocycles. The van der Waals surface area contributed by atoms with Gasteiger partial charge in [0.25, 0.3) is 0 Å². The second-order valence-corrected chi connectivity index (χ2v) is 3.33. The molecule has 3 heteroatoms. The lowest BCUT2D eigenvalue weighted by molar-refractivity contribution is 0.0300. The number of ether oxygens (including phenoxy) is 1. The molecule has 13 heavy (non-hydrogen) atoms. The summed E-state index contributed by atoms with van der Waals surface area (Å²) in [5.74, 6) is 0. The summed E-state index contributed by atoms with van der Waals surface area (Å²) in [6, 6.07) is 0. The van der Waals surface area contributed by atoms with Crippen molar-refractivity contribution in [3.8, 4) is 0 Å². The van der Waals surface area contributed by atoms with E-state index in [4.69, 9.17) is 14.9 Å². The summed E-state index contributed by atoms with van der Waals surface area (Å²) < 4.78 is 5.25. The van der Waals surface area contributed by atoms with Gasteiger partial charge < -0.3 is 14.9 Å². The number of aliphatic hydroxyl groups is 2. The molecule has 0 atom stereocenters. The molecule has 0 heterocycles. The van der Waals surface area contributed by atoms with Crippen LogP contribution in [0.25, 0.3) is 0 Å². The molecule has 3 nitrogen and oxygen atoms in total. The average molecular weight is 194 g/mol. The summed E-state index contributed by atoms with van der Waals surface area (Å²) in [6.07, 6.45) is 0.583. The van der Waals surface area contributed by atoms with Crippen molar-refractivity contribution < 1.29 is 14.9 Å². The molecule has 0 unspecified atom stereocenters. The molecular weight excluding hydrogens is 168 g/mol. The van der Waals surface area contributed by atoms with Gasteiger partial charge >= 0.3 is 0 Å². The van der Waals surface area contributed by atoms with Crippen molar-refractivity contribution in [1.29, 1.82) is 0 Å². The van der Waals surface area contributed by atoms with E-state index >= 15 is 0 Å².